The summed E-state index contributed by atoms with van der Waals surface area (Å²) in [6.45, 7) is 1.79. The van der Waals surface area contributed by atoms with Gasteiger partial charge in [-0.1, -0.05) is 30.3 Å². The van der Waals surface area contributed by atoms with Crippen LogP contribution in [0.1, 0.15) is 19.4 Å². The molecule has 0 spiro atoms. The number of benzene rings is 2. The molecule has 28 heavy (non-hydrogen) atoms. The molecular weight excluding hydrogens is 375 g/mol. The molecule has 0 aliphatic heterocycles. The average molecular weight is 397 g/mol. The minimum Gasteiger partial charge on any atom is -0.496 e. The van der Waals surface area contributed by atoms with Gasteiger partial charge in [-0.3, -0.25) is 4.79 Å². The topological polar surface area (TPSA) is 56.8 Å². The Hall–Kier alpha value is -2.90. The first kappa shape index (κ1) is 21.4. The molecule has 0 unspecified atom stereocenters. The van der Waals surface area contributed by atoms with Crippen LogP contribution in [-0.4, -0.2) is 32.4 Å². The molecule has 0 saturated heterocycles. The molecule has 0 heterocycles. The highest BCUT2D eigenvalue weighted by molar-refractivity contribution is 5.78. The first-order valence-corrected chi connectivity index (χ1v) is 8.48. The summed E-state index contributed by atoms with van der Waals surface area (Å²) in [6, 6.07) is 13.1. The van der Waals surface area contributed by atoms with Gasteiger partial charge in [-0.2, -0.15) is 13.2 Å². The van der Waals surface area contributed by atoms with E-state index >= 15 is 0 Å². The Kier molecular flexibility index (Phi) is 6.77. The molecule has 0 aliphatic rings. The zero-order valence-electron chi connectivity index (χ0n) is 15.8. The normalized spacial score (nSPS) is 11.6. The van der Waals surface area contributed by atoms with Gasteiger partial charge in [-0.05, 0) is 32.0 Å². The molecule has 8 heteroatoms. The van der Waals surface area contributed by atoms with Gasteiger partial charge in [0.05, 0.1) is 12.6 Å². The van der Waals surface area contributed by atoms with Gasteiger partial charge >= 0.3 is 6.18 Å². The lowest BCUT2D eigenvalue weighted by molar-refractivity contribution is -0.153. The van der Waals surface area contributed by atoms with Gasteiger partial charge in [0.2, 0.25) is 0 Å². The SMILES string of the molecule is COc1ccccc1C(C)(C)NC(=O)COc1ccccc1OCC(F)(F)F. The van der Waals surface area contributed by atoms with Crippen LogP contribution in [0, 0.1) is 0 Å². The molecule has 0 atom stereocenters. The van der Waals surface area contributed by atoms with Crippen molar-refractivity contribution in [3.63, 3.8) is 0 Å². The largest absolute Gasteiger partial charge is 0.496 e. The summed E-state index contributed by atoms with van der Waals surface area (Å²) in [5, 5.41) is 2.83. The van der Waals surface area contributed by atoms with Gasteiger partial charge in [-0.15, -0.1) is 0 Å². The van der Waals surface area contributed by atoms with E-state index in [0.717, 1.165) is 5.56 Å². The van der Waals surface area contributed by atoms with Gasteiger partial charge in [0.15, 0.2) is 24.7 Å². The molecule has 1 amide bonds. The van der Waals surface area contributed by atoms with Crippen molar-refractivity contribution in [3.8, 4) is 17.2 Å². The fourth-order valence-electron chi connectivity index (χ4n) is 2.60. The predicted molar refractivity (Wildman–Crippen MR) is 97.6 cm³/mol. The maximum absolute atomic E-state index is 12.4. The van der Waals surface area contributed by atoms with E-state index in [9.17, 15) is 18.0 Å². The number of para-hydroxylation sites is 3. The van der Waals surface area contributed by atoms with Gasteiger partial charge < -0.3 is 19.5 Å². The van der Waals surface area contributed by atoms with E-state index in [1.165, 1.54) is 25.3 Å². The lowest BCUT2D eigenvalue weighted by Gasteiger charge is -2.28. The Morgan fingerprint density at radius 1 is 0.929 bits per heavy atom. The Morgan fingerprint density at radius 3 is 2.04 bits per heavy atom. The zero-order valence-corrected chi connectivity index (χ0v) is 15.8. The van der Waals surface area contributed by atoms with Crippen molar-refractivity contribution < 1.29 is 32.2 Å². The first-order chi connectivity index (χ1) is 13.1. The third-order valence-electron chi connectivity index (χ3n) is 3.83. The van der Waals surface area contributed by atoms with E-state index < -0.39 is 24.2 Å². The van der Waals surface area contributed by atoms with Crippen LogP contribution in [0.15, 0.2) is 48.5 Å². The molecule has 152 valence electrons. The van der Waals surface area contributed by atoms with Gasteiger partial charge in [0.25, 0.3) is 5.91 Å². The number of nitrogens with one attached hydrogen (secondary N) is 1. The van der Waals surface area contributed by atoms with Crippen LogP contribution in [-0.2, 0) is 10.3 Å². The number of rotatable bonds is 8. The van der Waals surface area contributed by atoms with Gasteiger partial charge in [-0.25, -0.2) is 0 Å². The summed E-state index contributed by atoms with van der Waals surface area (Å²) in [6.07, 6.45) is -4.47. The summed E-state index contributed by atoms with van der Waals surface area (Å²) in [7, 11) is 1.54. The number of carbonyl (C=O) groups is 1. The van der Waals surface area contributed by atoms with Crippen LogP contribution in [0.4, 0.5) is 13.2 Å². The minimum atomic E-state index is -4.47. The molecule has 0 fully saturated rings. The monoisotopic (exact) mass is 397 g/mol. The second kappa shape index (κ2) is 8.86. The number of halogens is 3. The van der Waals surface area contributed by atoms with E-state index in [4.69, 9.17) is 14.2 Å². The number of methoxy groups -OCH3 is 1. The molecule has 0 aliphatic carbocycles. The molecule has 1 N–H and O–H groups in total. The second-order valence-corrected chi connectivity index (χ2v) is 6.51. The van der Waals surface area contributed by atoms with Crippen LogP contribution in [0.2, 0.25) is 0 Å². The van der Waals surface area contributed by atoms with Crippen LogP contribution in [0.5, 0.6) is 17.2 Å². The number of hydrogen-bond donors (Lipinski definition) is 1. The molecule has 0 saturated carbocycles. The van der Waals surface area contributed by atoms with Crippen molar-refractivity contribution in [1.82, 2.24) is 5.32 Å². The van der Waals surface area contributed by atoms with Crippen LogP contribution < -0.4 is 19.5 Å². The highest BCUT2D eigenvalue weighted by Gasteiger charge is 2.29. The molecule has 2 aromatic carbocycles. The summed E-state index contributed by atoms with van der Waals surface area (Å²) in [4.78, 5) is 12.3. The average Bonchev–Trinajstić information content (AvgIpc) is 2.64. The van der Waals surface area contributed by atoms with E-state index in [1.807, 2.05) is 32.0 Å². The summed E-state index contributed by atoms with van der Waals surface area (Å²) < 4.78 is 52.5. The van der Waals surface area contributed by atoms with E-state index in [-0.39, 0.29) is 18.1 Å². The fourth-order valence-corrected chi connectivity index (χ4v) is 2.60. The quantitative estimate of drug-likeness (QED) is 0.730. The summed E-state index contributed by atoms with van der Waals surface area (Å²) >= 11 is 0. The van der Waals surface area contributed by atoms with Crippen molar-refractivity contribution >= 4 is 5.91 Å². The van der Waals surface area contributed by atoms with E-state index in [1.54, 1.807) is 12.1 Å². The number of alkyl halides is 3. The summed E-state index contributed by atoms with van der Waals surface area (Å²) in [5.41, 5.74) is 0.0269. The number of carbonyl (C=O) groups excluding carboxylic acids is 1. The van der Waals surface area contributed by atoms with Crippen molar-refractivity contribution in [1.29, 1.82) is 0 Å². The smallest absolute Gasteiger partial charge is 0.422 e. The molecular formula is C20H22F3NO4. The van der Waals surface area contributed by atoms with E-state index in [0.29, 0.717) is 5.75 Å². The van der Waals surface area contributed by atoms with Crippen molar-refractivity contribution in [2.24, 2.45) is 0 Å². The van der Waals surface area contributed by atoms with Crippen molar-refractivity contribution in [3.05, 3.63) is 54.1 Å². The minimum absolute atomic E-state index is 0.0528. The van der Waals surface area contributed by atoms with Crippen LogP contribution in [0.3, 0.4) is 0 Å². The number of hydrogen-bond acceptors (Lipinski definition) is 4. The Balaban J connectivity index is 2.01. The molecule has 0 radical (unpaired) electrons. The van der Waals surface area contributed by atoms with Crippen molar-refractivity contribution in [2.45, 2.75) is 25.6 Å². The predicted octanol–water partition coefficient (Wildman–Crippen LogP) is 4.07. The highest BCUT2D eigenvalue weighted by Crippen LogP contribution is 2.30. The third-order valence-corrected chi connectivity index (χ3v) is 3.83. The number of ether oxygens (including phenoxy) is 3. The first-order valence-electron chi connectivity index (χ1n) is 8.48. The lowest BCUT2D eigenvalue weighted by Crippen LogP contribution is -2.43. The maximum atomic E-state index is 12.4. The van der Waals surface area contributed by atoms with E-state index in [2.05, 4.69) is 5.32 Å². The third kappa shape index (κ3) is 6.07. The Morgan fingerprint density at radius 2 is 1.46 bits per heavy atom. The van der Waals surface area contributed by atoms with Gasteiger partial charge in [0.1, 0.15) is 5.75 Å². The molecule has 0 bridgehead atoms. The van der Waals surface area contributed by atoms with Gasteiger partial charge in [0, 0.05) is 5.56 Å². The molecule has 0 aromatic heterocycles. The van der Waals surface area contributed by atoms with Crippen LogP contribution >= 0.6 is 0 Å². The number of amides is 1. The maximum Gasteiger partial charge on any atom is 0.422 e. The highest BCUT2D eigenvalue weighted by atomic mass is 19.4. The Labute approximate surface area is 161 Å². The fraction of sp³-hybridized carbons (Fsp3) is 0.350. The standard InChI is InChI=1S/C20H22F3NO4/c1-19(2,14-8-4-5-9-15(14)26-3)24-18(25)12-27-16-10-6-7-11-17(16)28-13-20(21,22)23/h4-11H,12-13H2,1-3H3,(H,24,25). The lowest BCUT2D eigenvalue weighted by atomic mass is 9.93. The Bertz CT molecular complexity index is 806. The zero-order chi connectivity index (χ0) is 20.8. The van der Waals surface area contributed by atoms with Crippen molar-refractivity contribution in [2.75, 3.05) is 20.3 Å². The molecule has 2 rings (SSSR count). The van der Waals surface area contributed by atoms with Crippen LogP contribution in [0.25, 0.3) is 0 Å². The molecule has 2 aromatic rings. The molecule has 5 nitrogen and oxygen atoms in total. The summed E-state index contributed by atoms with van der Waals surface area (Å²) in [5.74, 6) is 0.148. The second-order valence-electron chi connectivity index (χ2n) is 6.51.